The number of carbonyl (C=O) groups excluding carboxylic acids is 1. The van der Waals surface area contributed by atoms with E-state index in [1.165, 1.54) is 12.1 Å². The molecule has 0 fully saturated rings. The third-order valence-electron chi connectivity index (χ3n) is 3.90. The zero-order valence-electron chi connectivity index (χ0n) is 14.6. The van der Waals surface area contributed by atoms with Crippen molar-refractivity contribution in [3.8, 4) is 11.5 Å². The van der Waals surface area contributed by atoms with Gasteiger partial charge in [0.2, 0.25) is 12.1 Å². The number of aliphatic hydroxyl groups excluding tert-OH is 1. The highest BCUT2D eigenvalue weighted by Crippen LogP contribution is 2.25. The summed E-state index contributed by atoms with van der Waals surface area (Å²) in [5, 5.41) is 18.4. The number of hydrogen-bond donors (Lipinski definition) is 2. The van der Waals surface area contributed by atoms with E-state index in [0.29, 0.717) is 24.7 Å². The first-order valence-electron chi connectivity index (χ1n) is 8.51. The SMILES string of the molecule is O=C(c1cc(OCc2ccccc2)cc(OCc2ccccc2)c1)C(O)O. The van der Waals surface area contributed by atoms with Crippen molar-refractivity contribution in [1.82, 2.24) is 0 Å². The Labute approximate surface area is 157 Å². The fourth-order valence-electron chi connectivity index (χ4n) is 2.51. The molecule has 0 atom stereocenters. The molecule has 0 aliphatic heterocycles. The minimum absolute atomic E-state index is 0.110. The van der Waals surface area contributed by atoms with Crippen molar-refractivity contribution < 1.29 is 24.5 Å². The average molecular weight is 364 g/mol. The minimum Gasteiger partial charge on any atom is -0.489 e. The van der Waals surface area contributed by atoms with Gasteiger partial charge in [-0.1, -0.05) is 60.7 Å². The molecule has 0 radical (unpaired) electrons. The number of ether oxygens (including phenoxy) is 2. The third-order valence-corrected chi connectivity index (χ3v) is 3.90. The molecule has 0 bridgehead atoms. The lowest BCUT2D eigenvalue weighted by Gasteiger charge is -2.13. The highest BCUT2D eigenvalue weighted by molar-refractivity contribution is 5.99. The summed E-state index contributed by atoms with van der Waals surface area (Å²) >= 11 is 0. The van der Waals surface area contributed by atoms with Crippen LogP contribution < -0.4 is 9.47 Å². The molecule has 138 valence electrons. The van der Waals surface area contributed by atoms with Gasteiger partial charge >= 0.3 is 0 Å². The van der Waals surface area contributed by atoms with Gasteiger partial charge in [0, 0.05) is 11.6 Å². The van der Waals surface area contributed by atoms with Gasteiger partial charge in [-0.2, -0.15) is 0 Å². The summed E-state index contributed by atoms with van der Waals surface area (Å²) in [7, 11) is 0. The van der Waals surface area contributed by atoms with Gasteiger partial charge in [-0.05, 0) is 23.3 Å². The van der Waals surface area contributed by atoms with Crippen molar-refractivity contribution in [2.75, 3.05) is 0 Å². The highest BCUT2D eigenvalue weighted by Gasteiger charge is 2.16. The molecule has 0 heterocycles. The van der Waals surface area contributed by atoms with Gasteiger partial charge in [-0.3, -0.25) is 4.79 Å². The second kappa shape index (κ2) is 8.98. The van der Waals surface area contributed by atoms with Crippen LogP contribution in [0.5, 0.6) is 11.5 Å². The molecule has 0 amide bonds. The summed E-state index contributed by atoms with van der Waals surface area (Å²) in [6, 6.07) is 23.8. The quantitative estimate of drug-likeness (QED) is 0.474. The summed E-state index contributed by atoms with van der Waals surface area (Å²) in [5.41, 5.74) is 2.06. The normalized spacial score (nSPS) is 10.6. The molecule has 2 N–H and O–H groups in total. The fraction of sp³-hybridized carbons (Fsp3) is 0.136. The smallest absolute Gasteiger partial charge is 0.218 e. The Morgan fingerprint density at radius 2 is 1.19 bits per heavy atom. The van der Waals surface area contributed by atoms with E-state index in [0.717, 1.165) is 11.1 Å². The molecule has 27 heavy (non-hydrogen) atoms. The zero-order valence-corrected chi connectivity index (χ0v) is 14.6. The lowest BCUT2D eigenvalue weighted by molar-refractivity contribution is -0.0195. The molecular weight excluding hydrogens is 344 g/mol. The zero-order chi connectivity index (χ0) is 19.1. The maximum atomic E-state index is 12.0. The lowest BCUT2D eigenvalue weighted by atomic mass is 10.1. The van der Waals surface area contributed by atoms with Crippen LogP contribution in [-0.4, -0.2) is 22.3 Å². The largest absolute Gasteiger partial charge is 0.489 e. The molecule has 5 nitrogen and oxygen atoms in total. The van der Waals surface area contributed by atoms with E-state index in [4.69, 9.17) is 9.47 Å². The van der Waals surface area contributed by atoms with E-state index in [2.05, 4.69) is 0 Å². The number of aliphatic hydroxyl groups is 2. The molecule has 0 unspecified atom stereocenters. The maximum absolute atomic E-state index is 12.0. The average Bonchev–Trinajstić information content (AvgIpc) is 2.71. The number of Topliss-reactive ketones (excluding diaryl/α,β-unsaturated/α-hetero) is 1. The third kappa shape index (κ3) is 5.41. The lowest BCUT2D eigenvalue weighted by Crippen LogP contribution is -2.19. The van der Waals surface area contributed by atoms with Gasteiger partial charge in [0.15, 0.2) is 0 Å². The molecule has 3 rings (SSSR count). The van der Waals surface area contributed by atoms with E-state index in [1.807, 2.05) is 60.7 Å². The molecule has 0 aliphatic rings. The van der Waals surface area contributed by atoms with Crippen LogP contribution in [0.25, 0.3) is 0 Å². The standard InChI is InChI=1S/C22H20O5/c23-21(22(24)25)18-11-19(26-14-16-7-3-1-4-8-16)13-20(12-18)27-15-17-9-5-2-6-10-17/h1-13,22,24-25H,14-15H2. The Balaban J connectivity index is 1.78. The van der Waals surface area contributed by atoms with Crippen molar-refractivity contribution in [3.05, 3.63) is 95.6 Å². The van der Waals surface area contributed by atoms with Gasteiger partial charge in [-0.15, -0.1) is 0 Å². The second-order valence-corrected chi connectivity index (χ2v) is 5.98. The first kappa shape index (κ1) is 18.6. The number of ketones is 1. The van der Waals surface area contributed by atoms with Crippen LogP contribution in [-0.2, 0) is 13.2 Å². The van der Waals surface area contributed by atoms with E-state index >= 15 is 0 Å². The van der Waals surface area contributed by atoms with Crippen molar-refractivity contribution in [2.24, 2.45) is 0 Å². The summed E-state index contributed by atoms with van der Waals surface area (Å²) in [6.45, 7) is 0.635. The molecule has 0 saturated carbocycles. The summed E-state index contributed by atoms with van der Waals surface area (Å²) < 4.78 is 11.5. The molecule has 3 aromatic carbocycles. The van der Waals surface area contributed by atoms with Gasteiger partial charge in [0.25, 0.3) is 0 Å². The first-order valence-corrected chi connectivity index (χ1v) is 8.51. The molecule has 0 spiro atoms. The van der Waals surface area contributed by atoms with Crippen LogP contribution in [0.4, 0.5) is 0 Å². The van der Waals surface area contributed by atoms with Crippen molar-refractivity contribution in [1.29, 1.82) is 0 Å². The van der Waals surface area contributed by atoms with E-state index < -0.39 is 12.1 Å². The van der Waals surface area contributed by atoms with Crippen LogP contribution >= 0.6 is 0 Å². The second-order valence-electron chi connectivity index (χ2n) is 5.98. The Bertz CT molecular complexity index is 814. The Hall–Kier alpha value is -3.15. The topological polar surface area (TPSA) is 76.0 Å². The number of benzene rings is 3. The van der Waals surface area contributed by atoms with Crippen molar-refractivity contribution >= 4 is 5.78 Å². The Kier molecular flexibility index (Phi) is 6.20. The van der Waals surface area contributed by atoms with Crippen LogP contribution in [0.1, 0.15) is 21.5 Å². The van der Waals surface area contributed by atoms with Crippen LogP contribution in [0, 0.1) is 0 Å². The molecule has 0 saturated heterocycles. The molecule has 0 aromatic heterocycles. The van der Waals surface area contributed by atoms with Gasteiger partial charge in [0.1, 0.15) is 24.7 Å². The monoisotopic (exact) mass is 364 g/mol. The van der Waals surface area contributed by atoms with E-state index in [1.54, 1.807) is 6.07 Å². The van der Waals surface area contributed by atoms with Crippen LogP contribution in [0.2, 0.25) is 0 Å². The predicted molar refractivity (Wildman–Crippen MR) is 101 cm³/mol. The fourth-order valence-corrected chi connectivity index (χ4v) is 2.51. The minimum atomic E-state index is -2.09. The number of hydrogen-bond acceptors (Lipinski definition) is 5. The Morgan fingerprint density at radius 3 is 1.59 bits per heavy atom. The van der Waals surface area contributed by atoms with Crippen LogP contribution in [0.15, 0.2) is 78.9 Å². The van der Waals surface area contributed by atoms with Crippen molar-refractivity contribution in [3.63, 3.8) is 0 Å². The number of carbonyl (C=O) groups is 1. The van der Waals surface area contributed by atoms with Gasteiger partial charge in [-0.25, -0.2) is 0 Å². The summed E-state index contributed by atoms with van der Waals surface area (Å²) in [4.78, 5) is 12.0. The molecular formula is C22H20O5. The van der Waals surface area contributed by atoms with E-state index in [-0.39, 0.29) is 5.56 Å². The maximum Gasteiger partial charge on any atom is 0.218 e. The van der Waals surface area contributed by atoms with Crippen molar-refractivity contribution in [2.45, 2.75) is 19.5 Å². The molecule has 5 heteroatoms. The predicted octanol–water partition coefficient (Wildman–Crippen LogP) is 3.34. The highest BCUT2D eigenvalue weighted by atomic mass is 16.5. The van der Waals surface area contributed by atoms with Gasteiger partial charge in [0.05, 0.1) is 0 Å². The number of rotatable bonds is 8. The molecule has 3 aromatic rings. The summed E-state index contributed by atoms with van der Waals surface area (Å²) in [6.07, 6.45) is -2.09. The van der Waals surface area contributed by atoms with E-state index in [9.17, 15) is 15.0 Å². The molecule has 0 aliphatic carbocycles. The van der Waals surface area contributed by atoms with Gasteiger partial charge < -0.3 is 19.7 Å². The first-order chi connectivity index (χ1) is 13.1. The summed E-state index contributed by atoms with van der Waals surface area (Å²) in [5.74, 6) is 0.00607. The Morgan fingerprint density at radius 1 is 0.741 bits per heavy atom. The van der Waals surface area contributed by atoms with Crippen LogP contribution in [0.3, 0.4) is 0 Å².